The van der Waals surface area contributed by atoms with Crippen molar-refractivity contribution in [3.8, 4) is 0 Å². The number of carbonyl (C=O) groups is 1. The number of hydrogen-bond donors (Lipinski definition) is 1. The molecule has 2 aromatic rings. The van der Waals surface area contributed by atoms with Crippen LogP contribution >= 0.6 is 0 Å². The molecule has 1 fully saturated rings. The van der Waals surface area contributed by atoms with E-state index in [9.17, 15) is 18.0 Å². The zero-order valence-corrected chi connectivity index (χ0v) is 16.5. The fourth-order valence-corrected chi connectivity index (χ4v) is 3.57. The standard InChI is InChI=1S/C22H26F3N3O/c1-16(7-8-17-5-3-2-4-6-17)27-21(29)18-11-13-28(14-12-18)20-10-9-19(15-26-20)22(23,24)25/h2-6,9-10,15-16,18H,7-8,11-14H2,1H3,(H,27,29). The van der Waals surface area contributed by atoms with E-state index in [0.29, 0.717) is 31.7 Å². The summed E-state index contributed by atoms with van der Waals surface area (Å²) < 4.78 is 38.0. The molecule has 1 aromatic heterocycles. The first-order valence-electron chi connectivity index (χ1n) is 9.95. The Bertz CT molecular complexity index is 785. The Kier molecular flexibility index (Phi) is 6.77. The van der Waals surface area contributed by atoms with Gasteiger partial charge in [-0.25, -0.2) is 4.98 Å². The van der Waals surface area contributed by atoms with Crippen LogP contribution in [0.2, 0.25) is 0 Å². The molecular weight excluding hydrogens is 379 g/mol. The molecule has 2 heterocycles. The molecule has 156 valence electrons. The van der Waals surface area contributed by atoms with Crippen LogP contribution in [0, 0.1) is 5.92 Å². The van der Waals surface area contributed by atoms with Gasteiger partial charge in [0.25, 0.3) is 0 Å². The minimum atomic E-state index is -4.38. The van der Waals surface area contributed by atoms with Crippen LogP contribution in [0.25, 0.3) is 0 Å². The Hall–Kier alpha value is -2.57. The van der Waals surface area contributed by atoms with E-state index < -0.39 is 11.7 Å². The monoisotopic (exact) mass is 405 g/mol. The highest BCUT2D eigenvalue weighted by Crippen LogP contribution is 2.30. The van der Waals surface area contributed by atoms with Crippen molar-refractivity contribution in [3.63, 3.8) is 0 Å². The third-order valence-electron chi connectivity index (χ3n) is 5.36. The van der Waals surface area contributed by atoms with Crippen LogP contribution < -0.4 is 10.2 Å². The smallest absolute Gasteiger partial charge is 0.357 e. The van der Waals surface area contributed by atoms with E-state index in [1.807, 2.05) is 30.0 Å². The van der Waals surface area contributed by atoms with E-state index in [1.54, 1.807) is 0 Å². The summed E-state index contributed by atoms with van der Waals surface area (Å²) in [6.45, 7) is 3.23. The van der Waals surface area contributed by atoms with Crippen molar-refractivity contribution in [1.29, 1.82) is 0 Å². The molecule has 1 N–H and O–H groups in total. The second-order valence-corrected chi connectivity index (χ2v) is 7.60. The van der Waals surface area contributed by atoms with Gasteiger partial charge in [0, 0.05) is 31.2 Å². The maximum atomic E-state index is 12.7. The van der Waals surface area contributed by atoms with E-state index >= 15 is 0 Å². The molecule has 1 atom stereocenters. The number of alkyl halides is 3. The van der Waals surface area contributed by atoms with Crippen molar-refractivity contribution in [3.05, 3.63) is 59.8 Å². The van der Waals surface area contributed by atoms with Gasteiger partial charge >= 0.3 is 6.18 Å². The zero-order chi connectivity index (χ0) is 20.9. The second-order valence-electron chi connectivity index (χ2n) is 7.60. The molecule has 0 saturated carbocycles. The Morgan fingerprint density at radius 3 is 2.45 bits per heavy atom. The summed E-state index contributed by atoms with van der Waals surface area (Å²) in [5.41, 5.74) is 0.506. The molecule has 1 aliphatic rings. The summed E-state index contributed by atoms with van der Waals surface area (Å²) in [6, 6.07) is 12.7. The van der Waals surface area contributed by atoms with E-state index in [0.717, 1.165) is 25.1 Å². The third kappa shape index (κ3) is 5.95. The average molecular weight is 405 g/mol. The summed E-state index contributed by atoms with van der Waals surface area (Å²) in [5.74, 6) is 0.513. The molecule has 0 bridgehead atoms. The summed E-state index contributed by atoms with van der Waals surface area (Å²) in [6.07, 6.45) is -0.388. The lowest BCUT2D eigenvalue weighted by Gasteiger charge is -2.32. The van der Waals surface area contributed by atoms with Gasteiger partial charge in [0.15, 0.2) is 0 Å². The number of aromatic nitrogens is 1. The number of halogens is 3. The van der Waals surface area contributed by atoms with E-state index in [2.05, 4.69) is 22.4 Å². The quantitative estimate of drug-likeness (QED) is 0.772. The van der Waals surface area contributed by atoms with Crippen molar-refractivity contribution in [2.45, 2.75) is 44.8 Å². The summed E-state index contributed by atoms with van der Waals surface area (Å²) in [7, 11) is 0. The normalized spacial score (nSPS) is 16.5. The maximum absolute atomic E-state index is 12.7. The van der Waals surface area contributed by atoms with Gasteiger partial charge in [-0.15, -0.1) is 0 Å². The molecule has 7 heteroatoms. The van der Waals surface area contributed by atoms with Gasteiger partial charge in [0.2, 0.25) is 5.91 Å². The number of rotatable bonds is 6. The highest BCUT2D eigenvalue weighted by Gasteiger charge is 2.31. The van der Waals surface area contributed by atoms with Crippen molar-refractivity contribution < 1.29 is 18.0 Å². The largest absolute Gasteiger partial charge is 0.417 e. The van der Waals surface area contributed by atoms with Gasteiger partial charge in [0.05, 0.1) is 5.56 Å². The van der Waals surface area contributed by atoms with Gasteiger partial charge in [-0.05, 0) is 50.3 Å². The predicted octanol–water partition coefficient (Wildman–Crippen LogP) is 4.45. The van der Waals surface area contributed by atoms with Crippen LogP contribution in [0.1, 0.15) is 37.3 Å². The number of anilines is 1. The van der Waals surface area contributed by atoms with E-state index in [1.165, 1.54) is 11.6 Å². The Balaban J connectivity index is 1.44. The predicted molar refractivity (Wildman–Crippen MR) is 107 cm³/mol. The SMILES string of the molecule is CC(CCc1ccccc1)NC(=O)C1CCN(c2ccc(C(F)(F)F)cn2)CC1. The Morgan fingerprint density at radius 1 is 1.17 bits per heavy atom. The molecule has 1 aliphatic heterocycles. The molecule has 0 spiro atoms. The molecule has 1 saturated heterocycles. The fraction of sp³-hybridized carbons (Fsp3) is 0.455. The number of nitrogens with one attached hydrogen (secondary N) is 1. The molecule has 3 rings (SSSR count). The molecule has 1 aromatic carbocycles. The fourth-order valence-electron chi connectivity index (χ4n) is 3.57. The van der Waals surface area contributed by atoms with Gasteiger partial charge in [-0.2, -0.15) is 13.2 Å². The molecule has 0 radical (unpaired) electrons. The van der Waals surface area contributed by atoms with Gasteiger partial charge in [0.1, 0.15) is 5.82 Å². The number of nitrogens with zero attached hydrogens (tertiary/aromatic N) is 2. The minimum absolute atomic E-state index is 0.0607. The highest BCUT2D eigenvalue weighted by molar-refractivity contribution is 5.79. The van der Waals surface area contributed by atoms with Crippen molar-refractivity contribution in [2.24, 2.45) is 5.92 Å². The number of carbonyl (C=O) groups excluding carboxylic acids is 1. The van der Waals surface area contributed by atoms with Gasteiger partial charge in [-0.1, -0.05) is 30.3 Å². The van der Waals surface area contributed by atoms with Gasteiger partial charge < -0.3 is 10.2 Å². The molecular formula is C22H26F3N3O. The lowest BCUT2D eigenvalue weighted by molar-refractivity contribution is -0.137. The van der Waals surface area contributed by atoms with Crippen LogP contribution in [0.3, 0.4) is 0 Å². The Labute approximate surface area is 169 Å². The summed E-state index contributed by atoms with van der Waals surface area (Å²) >= 11 is 0. The average Bonchev–Trinajstić information content (AvgIpc) is 2.72. The molecule has 1 amide bonds. The van der Waals surface area contributed by atoms with E-state index in [-0.39, 0.29) is 17.9 Å². The second kappa shape index (κ2) is 9.29. The van der Waals surface area contributed by atoms with Crippen LogP contribution in [-0.2, 0) is 17.4 Å². The van der Waals surface area contributed by atoms with E-state index in [4.69, 9.17) is 0 Å². The number of pyridine rings is 1. The lowest BCUT2D eigenvalue weighted by Crippen LogP contribution is -2.43. The van der Waals surface area contributed by atoms with Crippen molar-refractivity contribution >= 4 is 11.7 Å². The summed E-state index contributed by atoms with van der Waals surface area (Å²) in [4.78, 5) is 18.4. The minimum Gasteiger partial charge on any atom is -0.357 e. The summed E-state index contributed by atoms with van der Waals surface area (Å²) in [5, 5.41) is 3.10. The maximum Gasteiger partial charge on any atom is 0.417 e. The Morgan fingerprint density at radius 2 is 1.86 bits per heavy atom. The van der Waals surface area contributed by atoms with Crippen molar-refractivity contribution in [2.75, 3.05) is 18.0 Å². The molecule has 4 nitrogen and oxygen atoms in total. The van der Waals surface area contributed by atoms with Crippen LogP contribution in [0.15, 0.2) is 48.7 Å². The first-order valence-corrected chi connectivity index (χ1v) is 9.95. The molecule has 0 aliphatic carbocycles. The topological polar surface area (TPSA) is 45.2 Å². The number of aryl methyl sites for hydroxylation is 1. The molecule has 1 unspecified atom stereocenters. The number of piperidine rings is 1. The first-order chi connectivity index (χ1) is 13.8. The highest BCUT2D eigenvalue weighted by atomic mass is 19.4. The lowest BCUT2D eigenvalue weighted by atomic mass is 9.95. The van der Waals surface area contributed by atoms with Crippen molar-refractivity contribution in [1.82, 2.24) is 10.3 Å². The van der Waals surface area contributed by atoms with Gasteiger partial charge in [-0.3, -0.25) is 4.79 Å². The van der Waals surface area contributed by atoms with Crippen LogP contribution in [0.5, 0.6) is 0 Å². The number of benzene rings is 1. The molecule has 29 heavy (non-hydrogen) atoms. The number of amides is 1. The van der Waals surface area contributed by atoms with Crippen LogP contribution in [-0.4, -0.2) is 30.0 Å². The first kappa shape index (κ1) is 21.1. The third-order valence-corrected chi connectivity index (χ3v) is 5.36. The zero-order valence-electron chi connectivity index (χ0n) is 16.5. The number of hydrogen-bond acceptors (Lipinski definition) is 3. The van der Waals surface area contributed by atoms with Crippen LogP contribution in [0.4, 0.5) is 19.0 Å².